The van der Waals surface area contributed by atoms with E-state index < -0.39 is 15.1 Å². The molecule has 2 aliphatic rings. The van der Waals surface area contributed by atoms with E-state index >= 15 is 0 Å². The summed E-state index contributed by atoms with van der Waals surface area (Å²) in [6.07, 6.45) is 3.12. The van der Waals surface area contributed by atoms with Gasteiger partial charge in [0.25, 0.3) is 21.8 Å². The molecule has 0 saturated carbocycles. The fourth-order valence-electron chi connectivity index (χ4n) is 4.22. The largest absolute Gasteiger partial charge is 0.366 e. The second-order valence-electron chi connectivity index (χ2n) is 7.79. The molecule has 172 valence electrons. The van der Waals surface area contributed by atoms with E-state index in [1.54, 1.807) is 30.9 Å². The molecule has 2 fully saturated rings. The number of hydrogen-bond donors (Lipinski definition) is 0. The van der Waals surface area contributed by atoms with Crippen LogP contribution in [0.2, 0.25) is 0 Å². The number of benzene rings is 1. The summed E-state index contributed by atoms with van der Waals surface area (Å²) in [5.41, 5.74) is 0.749. The van der Waals surface area contributed by atoms with Gasteiger partial charge in [0.15, 0.2) is 0 Å². The van der Waals surface area contributed by atoms with Gasteiger partial charge in [-0.25, -0.2) is 0 Å². The molecule has 11 heteroatoms. The molecule has 0 aromatic heterocycles. The van der Waals surface area contributed by atoms with E-state index in [9.17, 15) is 23.3 Å². The lowest BCUT2D eigenvalue weighted by Gasteiger charge is -2.36. The summed E-state index contributed by atoms with van der Waals surface area (Å²) in [4.78, 5) is 27.8. The zero-order chi connectivity index (χ0) is 22.6. The van der Waals surface area contributed by atoms with Gasteiger partial charge in [0, 0.05) is 64.0 Å². The van der Waals surface area contributed by atoms with Crippen LogP contribution in [0.4, 0.5) is 11.4 Å². The molecule has 0 spiro atoms. The van der Waals surface area contributed by atoms with E-state index in [1.165, 1.54) is 14.7 Å². The summed E-state index contributed by atoms with van der Waals surface area (Å²) < 4.78 is 28.1. The Morgan fingerprint density at radius 3 is 2.19 bits per heavy atom. The fourth-order valence-corrected chi connectivity index (χ4v) is 5.83. The Hall–Kier alpha value is -2.24. The number of nitro groups is 1. The average molecular weight is 454 g/mol. The lowest BCUT2D eigenvalue weighted by molar-refractivity contribution is -0.384. The fraction of sp³-hybridized carbons (Fsp3) is 0.650. The van der Waals surface area contributed by atoms with Crippen molar-refractivity contribution in [3.8, 4) is 0 Å². The van der Waals surface area contributed by atoms with Crippen LogP contribution in [0, 0.1) is 10.1 Å². The molecule has 0 radical (unpaired) electrons. The zero-order valence-electron chi connectivity index (χ0n) is 18.2. The molecule has 1 amide bonds. The third-order valence-electron chi connectivity index (χ3n) is 6.00. The van der Waals surface area contributed by atoms with Gasteiger partial charge in [-0.15, -0.1) is 0 Å². The topological polar surface area (TPSA) is 107 Å². The molecule has 2 saturated heterocycles. The highest BCUT2D eigenvalue weighted by Crippen LogP contribution is 2.31. The number of carbonyl (C=O) groups is 1. The second kappa shape index (κ2) is 9.92. The molecular formula is C20H31N5O5S. The van der Waals surface area contributed by atoms with Crippen molar-refractivity contribution in [1.29, 1.82) is 0 Å². The zero-order valence-corrected chi connectivity index (χ0v) is 19.0. The van der Waals surface area contributed by atoms with Crippen molar-refractivity contribution in [1.82, 2.24) is 13.5 Å². The Kier molecular flexibility index (Phi) is 7.50. The van der Waals surface area contributed by atoms with E-state index in [2.05, 4.69) is 0 Å². The first-order valence-corrected chi connectivity index (χ1v) is 12.3. The van der Waals surface area contributed by atoms with Crippen molar-refractivity contribution < 1.29 is 18.1 Å². The number of nitrogens with zero attached hydrogens (tertiary/aromatic N) is 5. The van der Waals surface area contributed by atoms with Gasteiger partial charge in [0.05, 0.1) is 4.92 Å². The lowest BCUT2D eigenvalue weighted by Crippen LogP contribution is -2.54. The van der Waals surface area contributed by atoms with Gasteiger partial charge in [-0.1, -0.05) is 13.8 Å². The Balaban J connectivity index is 1.72. The number of carbonyl (C=O) groups excluding carboxylic acids is 1. The first-order chi connectivity index (χ1) is 14.8. The minimum absolute atomic E-state index is 0.0597. The van der Waals surface area contributed by atoms with Gasteiger partial charge < -0.3 is 9.80 Å². The van der Waals surface area contributed by atoms with Crippen LogP contribution < -0.4 is 4.90 Å². The minimum Gasteiger partial charge on any atom is -0.366 e. The average Bonchev–Trinajstić information content (AvgIpc) is 2.79. The number of anilines is 1. The van der Waals surface area contributed by atoms with Crippen LogP contribution in [0.5, 0.6) is 0 Å². The minimum atomic E-state index is -3.54. The number of piperazine rings is 1. The quantitative estimate of drug-likeness (QED) is 0.461. The second-order valence-corrected chi connectivity index (χ2v) is 9.72. The Bertz CT molecular complexity index is 905. The first kappa shape index (κ1) is 23.4. The highest BCUT2D eigenvalue weighted by molar-refractivity contribution is 7.86. The van der Waals surface area contributed by atoms with E-state index in [0.29, 0.717) is 18.8 Å². The molecular weight excluding hydrogens is 422 g/mol. The maximum Gasteiger partial charge on any atom is 0.293 e. The molecule has 3 rings (SSSR count). The number of rotatable bonds is 7. The lowest BCUT2D eigenvalue weighted by atomic mass is 10.1. The van der Waals surface area contributed by atoms with E-state index in [4.69, 9.17) is 0 Å². The maximum atomic E-state index is 13.0. The predicted octanol–water partition coefficient (Wildman–Crippen LogP) is 1.93. The molecule has 0 bridgehead atoms. The van der Waals surface area contributed by atoms with Gasteiger partial charge >= 0.3 is 0 Å². The Labute approximate surface area is 183 Å². The Morgan fingerprint density at radius 1 is 1.03 bits per heavy atom. The van der Waals surface area contributed by atoms with E-state index in [0.717, 1.165) is 32.4 Å². The standard InChI is InChI=1S/C20H31N5O5S/c1-3-23(4-2)31(29,30)24-14-12-22(13-15-24)20(26)17-8-9-18(19(16-17)25(27)28)21-10-6-5-7-11-21/h8-9,16H,3-7,10-15H2,1-2H3. The van der Waals surface area contributed by atoms with Gasteiger partial charge in [0.2, 0.25) is 0 Å². The third kappa shape index (κ3) is 4.99. The van der Waals surface area contributed by atoms with Crippen LogP contribution >= 0.6 is 0 Å². The molecule has 0 atom stereocenters. The van der Waals surface area contributed by atoms with Crippen LogP contribution in [0.25, 0.3) is 0 Å². The molecule has 0 aliphatic carbocycles. The van der Waals surface area contributed by atoms with Crippen molar-refractivity contribution in [2.45, 2.75) is 33.1 Å². The highest BCUT2D eigenvalue weighted by Gasteiger charge is 2.33. The number of amides is 1. The summed E-state index contributed by atoms with van der Waals surface area (Å²) in [6.45, 7) is 6.84. The smallest absolute Gasteiger partial charge is 0.293 e. The van der Waals surface area contributed by atoms with Crippen molar-refractivity contribution in [2.75, 3.05) is 57.3 Å². The summed E-state index contributed by atoms with van der Waals surface area (Å²) in [5, 5.41) is 11.7. The van der Waals surface area contributed by atoms with Gasteiger partial charge in [-0.05, 0) is 31.4 Å². The molecule has 0 N–H and O–H groups in total. The SMILES string of the molecule is CCN(CC)S(=O)(=O)N1CCN(C(=O)c2ccc(N3CCCCC3)c([N+](=O)[O-])c2)CC1. The van der Waals surface area contributed by atoms with E-state index in [-0.39, 0.29) is 43.3 Å². The third-order valence-corrected chi connectivity index (χ3v) is 8.19. The van der Waals surface area contributed by atoms with Gasteiger partial charge in [-0.3, -0.25) is 14.9 Å². The molecule has 2 aliphatic heterocycles. The molecule has 2 heterocycles. The monoisotopic (exact) mass is 453 g/mol. The number of piperidine rings is 1. The number of hydrogen-bond acceptors (Lipinski definition) is 6. The van der Waals surface area contributed by atoms with Crippen molar-refractivity contribution in [2.24, 2.45) is 0 Å². The molecule has 31 heavy (non-hydrogen) atoms. The van der Waals surface area contributed by atoms with Gasteiger partial charge in [-0.2, -0.15) is 17.0 Å². The predicted molar refractivity (Wildman–Crippen MR) is 118 cm³/mol. The van der Waals surface area contributed by atoms with Crippen molar-refractivity contribution in [3.05, 3.63) is 33.9 Å². The normalized spacial score (nSPS) is 18.4. The van der Waals surface area contributed by atoms with Crippen molar-refractivity contribution in [3.63, 3.8) is 0 Å². The summed E-state index contributed by atoms with van der Waals surface area (Å²) >= 11 is 0. The van der Waals surface area contributed by atoms with Crippen LogP contribution in [-0.4, -0.2) is 85.1 Å². The maximum absolute atomic E-state index is 13.0. The first-order valence-electron chi connectivity index (χ1n) is 10.9. The van der Waals surface area contributed by atoms with Gasteiger partial charge in [0.1, 0.15) is 5.69 Å². The summed E-state index contributed by atoms with van der Waals surface area (Å²) in [7, 11) is -3.54. The number of nitro benzene ring substituents is 1. The Morgan fingerprint density at radius 2 is 1.65 bits per heavy atom. The molecule has 1 aromatic carbocycles. The van der Waals surface area contributed by atoms with E-state index in [1.807, 2.05) is 4.90 Å². The molecule has 1 aromatic rings. The van der Waals surface area contributed by atoms with Crippen LogP contribution in [0.1, 0.15) is 43.5 Å². The van der Waals surface area contributed by atoms with Crippen LogP contribution in [-0.2, 0) is 10.2 Å². The van der Waals surface area contributed by atoms with Crippen LogP contribution in [0.3, 0.4) is 0 Å². The molecule has 0 unspecified atom stereocenters. The molecule has 10 nitrogen and oxygen atoms in total. The van der Waals surface area contributed by atoms with Crippen LogP contribution in [0.15, 0.2) is 18.2 Å². The van der Waals surface area contributed by atoms with Crippen molar-refractivity contribution >= 4 is 27.5 Å². The summed E-state index contributed by atoms with van der Waals surface area (Å²) in [5.74, 6) is -0.312. The highest BCUT2D eigenvalue weighted by atomic mass is 32.2. The summed E-state index contributed by atoms with van der Waals surface area (Å²) in [6, 6.07) is 4.65.